The predicted octanol–water partition coefficient (Wildman–Crippen LogP) is 1.60. The number of carboxylic acids is 1. The Kier molecular flexibility index (Phi) is 3.61. The largest absolute Gasteiger partial charge is 0.477 e. The second-order valence-electron chi connectivity index (χ2n) is 5.59. The molecule has 1 saturated heterocycles. The zero-order valence-corrected chi connectivity index (χ0v) is 11.4. The lowest BCUT2D eigenvalue weighted by Gasteiger charge is -2.23. The highest BCUT2D eigenvalue weighted by Gasteiger charge is 2.24. The van der Waals surface area contributed by atoms with E-state index >= 15 is 0 Å². The number of fused-ring (bicyclic) bond motifs is 1. The lowest BCUT2D eigenvalue weighted by molar-refractivity contribution is 0.0690. The van der Waals surface area contributed by atoms with Gasteiger partial charge < -0.3 is 14.4 Å². The fourth-order valence-corrected chi connectivity index (χ4v) is 3.22. The van der Waals surface area contributed by atoms with E-state index in [1.54, 1.807) is 10.6 Å². The van der Waals surface area contributed by atoms with E-state index in [0.29, 0.717) is 6.54 Å². The van der Waals surface area contributed by atoms with Crippen LogP contribution < -0.4 is 5.56 Å². The molecular formula is C15H19NO4. The minimum atomic E-state index is -1.13. The van der Waals surface area contributed by atoms with Gasteiger partial charge in [-0.05, 0) is 50.2 Å². The summed E-state index contributed by atoms with van der Waals surface area (Å²) >= 11 is 0. The molecule has 0 amide bonds. The summed E-state index contributed by atoms with van der Waals surface area (Å²) < 4.78 is 7.26. The van der Waals surface area contributed by atoms with Crippen molar-refractivity contribution in [2.75, 3.05) is 6.61 Å². The molecule has 108 valence electrons. The molecule has 1 aromatic heterocycles. The average molecular weight is 277 g/mol. The lowest BCUT2D eigenvalue weighted by atomic mass is 9.94. The van der Waals surface area contributed by atoms with Crippen LogP contribution in [0, 0.1) is 0 Å². The molecule has 1 unspecified atom stereocenters. The minimum absolute atomic E-state index is 0.0442. The number of pyridine rings is 1. The summed E-state index contributed by atoms with van der Waals surface area (Å²) in [4.78, 5) is 23.6. The lowest BCUT2D eigenvalue weighted by Crippen LogP contribution is -2.34. The Hall–Kier alpha value is -1.62. The summed E-state index contributed by atoms with van der Waals surface area (Å²) in [5.41, 5.74) is 1.55. The van der Waals surface area contributed by atoms with Gasteiger partial charge >= 0.3 is 5.97 Å². The van der Waals surface area contributed by atoms with Crippen molar-refractivity contribution in [2.24, 2.45) is 0 Å². The standard InChI is InChI=1S/C15H19NO4/c17-14-12(15(18)19)8-10-4-1-2-6-13(10)16(14)9-11-5-3-7-20-11/h8,11H,1-7,9H2,(H,18,19). The quantitative estimate of drug-likeness (QED) is 0.911. The molecule has 1 N–H and O–H groups in total. The van der Waals surface area contributed by atoms with E-state index in [1.165, 1.54) is 0 Å². The number of aryl methyl sites for hydroxylation is 1. The molecule has 5 heteroatoms. The van der Waals surface area contributed by atoms with Crippen LogP contribution >= 0.6 is 0 Å². The Morgan fingerprint density at radius 2 is 2.15 bits per heavy atom. The normalized spacial score (nSPS) is 21.7. The molecule has 20 heavy (non-hydrogen) atoms. The van der Waals surface area contributed by atoms with Gasteiger partial charge in [0.05, 0.1) is 12.6 Å². The Labute approximate surface area is 117 Å². The van der Waals surface area contributed by atoms with Gasteiger partial charge in [-0.25, -0.2) is 4.79 Å². The minimum Gasteiger partial charge on any atom is -0.477 e. The summed E-state index contributed by atoms with van der Waals surface area (Å²) in [6, 6.07) is 1.57. The highest BCUT2D eigenvalue weighted by molar-refractivity contribution is 5.87. The molecule has 0 spiro atoms. The monoisotopic (exact) mass is 277 g/mol. The molecule has 0 saturated carbocycles. The van der Waals surface area contributed by atoms with Crippen molar-refractivity contribution in [1.82, 2.24) is 4.57 Å². The highest BCUT2D eigenvalue weighted by atomic mass is 16.5. The van der Waals surface area contributed by atoms with Crippen LogP contribution in [0.15, 0.2) is 10.9 Å². The summed E-state index contributed by atoms with van der Waals surface area (Å²) in [6.45, 7) is 1.22. The zero-order valence-electron chi connectivity index (χ0n) is 11.4. The number of nitrogens with zero attached hydrogens (tertiary/aromatic N) is 1. The van der Waals surface area contributed by atoms with Crippen LogP contribution in [0.2, 0.25) is 0 Å². The van der Waals surface area contributed by atoms with Gasteiger partial charge in [0.2, 0.25) is 0 Å². The molecule has 5 nitrogen and oxygen atoms in total. The van der Waals surface area contributed by atoms with Gasteiger partial charge in [0.25, 0.3) is 5.56 Å². The van der Waals surface area contributed by atoms with E-state index in [1.807, 2.05) is 0 Å². The third kappa shape index (κ3) is 2.38. The molecule has 3 rings (SSSR count). The molecule has 0 radical (unpaired) electrons. The fourth-order valence-electron chi connectivity index (χ4n) is 3.22. The first-order valence-electron chi connectivity index (χ1n) is 7.27. The first-order chi connectivity index (χ1) is 9.66. The number of hydrogen-bond donors (Lipinski definition) is 1. The van der Waals surface area contributed by atoms with Crippen molar-refractivity contribution in [3.05, 3.63) is 33.2 Å². The first kappa shape index (κ1) is 13.4. The number of aromatic carboxylic acids is 1. The molecule has 2 heterocycles. The van der Waals surface area contributed by atoms with Gasteiger partial charge in [0.15, 0.2) is 0 Å². The van der Waals surface area contributed by atoms with Crippen molar-refractivity contribution < 1.29 is 14.6 Å². The smallest absolute Gasteiger partial charge is 0.341 e. The predicted molar refractivity (Wildman–Crippen MR) is 73.3 cm³/mol. The maximum Gasteiger partial charge on any atom is 0.341 e. The number of carboxylic acid groups (broad SMARTS) is 1. The van der Waals surface area contributed by atoms with E-state index in [9.17, 15) is 14.7 Å². The van der Waals surface area contributed by atoms with Crippen LogP contribution in [0.4, 0.5) is 0 Å². The third-order valence-corrected chi connectivity index (χ3v) is 4.24. The van der Waals surface area contributed by atoms with Gasteiger partial charge in [-0.1, -0.05) is 0 Å². The number of rotatable bonds is 3. The molecular weight excluding hydrogens is 258 g/mol. The molecule has 1 atom stereocenters. The van der Waals surface area contributed by atoms with Crippen LogP contribution in [0.25, 0.3) is 0 Å². The van der Waals surface area contributed by atoms with Crippen molar-refractivity contribution in [3.63, 3.8) is 0 Å². The Bertz CT molecular complexity index is 584. The Balaban J connectivity index is 2.06. The van der Waals surface area contributed by atoms with Gasteiger partial charge in [-0.2, -0.15) is 0 Å². The molecule has 2 aliphatic rings. The summed E-state index contributed by atoms with van der Waals surface area (Å²) in [5, 5.41) is 9.21. The van der Waals surface area contributed by atoms with Crippen molar-refractivity contribution in [1.29, 1.82) is 0 Å². The topological polar surface area (TPSA) is 68.5 Å². The first-order valence-corrected chi connectivity index (χ1v) is 7.27. The van der Waals surface area contributed by atoms with E-state index in [0.717, 1.165) is 56.4 Å². The van der Waals surface area contributed by atoms with Crippen LogP contribution in [-0.4, -0.2) is 28.4 Å². The van der Waals surface area contributed by atoms with Crippen molar-refractivity contribution in [3.8, 4) is 0 Å². The number of hydrogen-bond acceptors (Lipinski definition) is 3. The second-order valence-corrected chi connectivity index (χ2v) is 5.59. The zero-order chi connectivity index (χ0) is 14.1. The second kappa shape index (κ2) is 5.40. The molecule has 0 aromatic carbocycles. The fraction of sp³-hybridized carbons (Fsp3) is 0.600. The van der Waals surface area contributed by atoms with E-state index < -0.39 is 5.97 Å². The maximum atomic E-state index is 12.4. The van der Waals surface area contributed by atoms with E-state index in [4.69, 9.17) is 4.74 Å². The van der Waals surface area contributed by atoms with Gasteiger partial charge in [0, 0.05) is 12.3 Å². The number of ether oxygens (including phenoxy) is 1. The van der Waals surface area contributed by atoms with Crippen molar-refractivity contribution in [2.45, 2.75) is 51.2 Å². The average Bonchev–Trinajstić information content (AvgIpc) is 2.94. The molecule has 0 bridgehead atoms. The molecule has 1 aliphatic heterocycles. The van der Waals surface area contributed by atoms with Crippen LogP contribution in [-0.2, 0) is 24.1 Å². The maximum absolute atomic E-state index is 12.4. The van der Waals surface area contributed by atoms with E-state index in [-0.39, 0.29) is 17.2 Å². The SMILES string of the molecule is O=C(O)c1cc2c(n(CC3CCCO3)c1=O)CCCC2. The number of aromatic nitrogens is 1. The van der Waals surface area contributed by atoms with Gasteiger partial charge in [0.1, 0.15) is 5.56 Å². The molecule has 1 aliphatic carbocycles. The highest BCUT2D eigenvalue weighted by Crippen LogP contribution is 2.22. The van der Waals surface area contributed by atoms with Crippen LogP contribution in [0.3, 0.4) is 0 Å². The Morgan fingerprint density at radius 1 is 1.35 bits per heavy atom. The molecule has 1 fully saturated rings. The van der Waals surface area contributed by atoms with Gasteiger partial charge in [-0.3, -0.25) is 4.79 Å². The summed E-state index contributed by atoms with van der Waals surface area (Å²) in [6.07, 6.45) is 5.84. The summed E-state index contributed by atoms with van der Waals surface area (Å²) in [5.74, 6) is -1.13. The molecule has 1 aromatic rings. The third-order valence-electron chi connectivity index (χ3n) is 4.24. The van der Waals surface area contributed by atoms with E-state index in [2.05, 4.69) is 0 Å². The Morgan fingerprint density at radius 3 is 2.85 bits per heavy atom. The van der Waals surface area contributed by atoms with Crippen LogP contribution in [0.1, 0.15) is 47.3 Å². The van der Waals surface area contributed by atoms with Gasteiger partial charge in [-0.15, -0.1) is 0 Å². The van der Waals surface area contributed by atoms with Crippen LogP contribution in [0.5, 0.6) is 0 Å². The summed E-state index contributed by atoms with van der Waals surface area (Å²) in [7, 11) is 0. The van der Waals surface area contributed by atoms with Crippen molar-refractivity contribution >= 4 is 5.97 Å². The number of carbonyl (C=O) groups is 1.